The fraction of sp³-hybridized carbons (Fsp3) is 0.240. The maximum Gasteiger partial charge on any atom is 0.269 e. The average Bonchev–Trinajstić information content (AvgIpc) is 3.33. The molecule has 9 heteroatoms. The number of ketones is 1. The van der Waals surface area contributed by atoms with E-state index in [1.54, 1.807) is 63.2 Å². The lowest BCUT2D eigenvalue weighted by Crippen LogP contribution is -2.36. The number of fused-ring (bicyclic) bond motifs is 1. The smallest absolute Gasteiger partial charge is 0.269 e. The zero-order valence-corrected chi connectivity index (χ0v) is 20.5. The Bertz CT molecular complexity index is 1450. The molecule has 1 amide bonds. The Morgan fingerprint density at radius 3 is 2.65 bits per heavy atom. The summed E-state index contributed by atoms with van der Waals surface area (Å²) in [4.78, 5) is 38.7. The molecule has 1 aliphatic heterocycles. The molecule has 4 rings (SSSR count). The van der Waals surface area contributed by atoms with Gasteiger partial charge in [0.2, 0.25) is 12.7 Å². The molecule has 0 radical (unpaired) electrons. The number of Topliss-reactive ketones (excluding diaryl/α,β-unsaturated/α-hetero) is 1. The number of nitrogens with one attached hydrogen (secondary N) is 1. The van der Waals surface area contributed by atoms with Crippen LogP contribution < -0.4 is 29.5 Å². The molecule has 3 aromatic rings. The summed E-state index contributed by atoms with van der Waals surface area (Å²) in [6, 6.07) is 12.1. The molecule has 1 aromatic heterocycles. The number of carbonyl (C=O) groups excluding carboxylic acids is 2. The molecule has 1 N–H and O–H groups in total. The maximum absolute atomic E-state index is 13.2. The molecule has 0 unspecified atom stereocenters. The highest BCUT2D eigenvalue weighted by Crippen LogP contribution is 2.34. The molecule has 0 spiro atoms. The van der Waals surface area contributed by atoms with Crippen molar-refractivity contribution in [2.75, 3.05) is 12.1 Å². The van der Waals surface area contributed by atoms with Crippen molar-refractivity contribution in [2.45, 2.75) is 27.3 Å². The first-order valence-corrected chi connectivity index (χ1v) is 11.7. The predicted octanol–water partition coefficient (Wildman–Crippen LogP) is 3.16. The van der Waals surface area contributed by atoms with Crippen LogP contribution in [0.5, 0.6) is 11.5 Å². The quantitative estimate of drug-likeness (QED) is 0.584. The second kappa shape index (κ2) is 9.48. The molecule has 0 atom stereocenters. The Hall–Kier alpha value is -3.36. The number of aromatic nitrogens is 1. The summed E-state index contributed by atoms with van der Waals surface area (Å²) in [5, 5.41) is 3.31. The van der Waals surface area contributed by atoms with Crippen LogP contribution >= 0.6 is 22.9 Å². The highest BCUT2D eigenvalue weighted by atomic mass is 35.5. The largest absolute Gasteiger partial charge is 0.454 e. The Morgan fingerprint density at radius 2 is 1.91 bits per heavy atom. The topological polar surface area (TPSA) is 86.6 Å². The number of anilines is 1. The van der Waals surface area contributed by atoms with Crippen LogP contribution in [0.25, 0.3) is 12.2 Å². The Morgan fingerprint density at radius 1 is 1.15 bits per heavy atom. The summed E-state index contributed by atoms with van der Waals surface area (Å²) in [5.74, 6) is 0.582. The normalized spacial score (nSPS) is 13.9. The van der Waals surface area contributed by atoms with Gasteiger partial charge in [0.1, 0.15) is 11.2 Å². The molecule has 2 aromatic carbocycles. The van der Waals surface area contributed by atoms with Crippen molar-refractivity contribution in [3.8, 4) is 11.5 Å². The van der Waals surface area contributed by atoms with Crippen molar-refractivity contribution in [2.24, 2.45) is 5.41 Å². The summed E-state index contributed by atoms with van der Waals surface area (Å²) in [5.41, 5.74) is 0.269. The highest BCUT2D eigenvalue weighted by molar-refractivity contribution is 7.07. The van der Waals surface area contributed by atoms with E-state index < -0.39 is 11.3 Å². The lowest BCUT2D eigenvalue weighted by molar-refractivity contribution is -0.120. The molecular formula is C25H23ClN2O5S. The first kappa shape index (κ1) is 23.8. The molecule has 0 fully saturated rings. The van der Waals surface area contributed by atoms with Gasteiger partial charge in [-0.05, 0) is 35.9 Å². The minimum Gasteiger partial charge on any atom is -0.454 e. The third kappa shape index (κ3) is 5.40. The van der Waals surface area contributed by atoms with E-state index in [0.29, 0.717) is 31.4 Å². The van der Waals surface area contributed by atoms with Gasteiger partial charge in [-0.15, -0.1) is 11.3 Å². The van der Waals surface area contributed by atoms with Gasteiger partial charge in [0.15, 0.2) is 17.3 Å². The zero-order valence-electron chi connectivity index (χ0n) is 18.9. The van der Waals surface area contributed by atoms with Crippen molar-refractivity contribution in [3.05, 3.63) is 72.6 Å². The summed E-state index contributed by atoms with van der Waals surface area (Å²) in [6.45, 7) is 5.27. The van der Waals surface area contributed by atoms with Gasteiger partial charge in [-0.25, -0.2) is 0 Å². The van der Waals surface area contributed by atoms with Crippen molar-refractivity contribution in [3.63, 3.8) is 0 Å². The molecule has 0 bridgehead atoms. The second-order valence-corrected chi connectivity index (χ2v) is 10.3. The van der Waals surface area contributed by atoms with Crippen LogP contribution in [0, 0.1) is 5.41 Å². The lowest BCUT2D eigenvalue weighted by atomic mass is 9.91. The van der Waals surface area contributed by atoms with Gasteiger partial charge in [0.25, 0.3) is 5.56 Å². The molecule has 0 saturated heterocycles. The van der Waals surface area contributed by atoms with Gasteiger partial charge in [-0.3, -0.25) is 19.0 Å². The predicted molar refractivity (Wildman–Crippen MR) is 133 cm³/mol. The van der Waals surface area contributed by atoms with Gasteiger partial charge in [0, 0.05) is 28.3 Å². The number of carbonyl (C=O) groups is 2. The Kier molecular flexibility index (Phi) is 6.63. The monoisotopic (exact) mass is 498 g/mol. The number of nitrogens with zero attached hydrogens (tertiary/aromatic N) is 1. The van der Waals surface area contributed by atoms with Crippen LogP contribution in [0.3, 0.4) is 0 Å². The zero-order chi connectivity index (χ0) is 24.5. The standard InChI is InChI=1S/C25H23ClN2O5S/c1-25(2,3)21(29)12-23-28(24(31)20(34-23)10-15-5-4-6-16(26)9-15)13-22(30)27-17-7-8-18-19(11-17)33-14-32-18/h4-12H,13-14H2,1-3H3,(H,27,30). The number of benzene rings is 2. The first-order chi connectivity index (χ1) is 16.1. The SMILES string of the molecule is CC(C)(C)C(=O)C=c1sc(=Cc2cccc(Cl)c2)c(=O)n1CC(=O)Nc1ccc2c(c1)OCO2. The number of ether oxygens (including phenoxy) is 2. The van der Waals surface area contributed by atoms with E-state index in [1.165, 1.54) is 10.6 Å². The molecule has 2 heterocycles. The molecule has 0 aliphatic carbocycles. The minimum atomic E-state index is -0.629. The van der Waals surface area contributed by atoms with Crippen LogP contribution in [0.4, 0.5) is 5.69 Å². The van der Waals surface area contributed by atoms with E-state index in [4.69, 9.17) is 21.1 Å². The molecule has 1 aliphatic rings. The second-order valence-electron chi connectivity index (χ2n) is 8.77. The molecule has 0 saturated carbocycles. The minimum absolute atomic E-state index is 0.129. The summed E-state index contributed by atoms with van der Waals surface area (Å²) >= 11 is 7.22. The van der Waals surface area contributed by atoms with Gasteiger partial charge in [0.05, 0.1) is 4.53 Å². The van der Waals surface area contributed by atoms with Gasteiger partial charge in [-0.2, -0.15) is 0 Å². The number of hydrogen-bond acceptors (Lipinski definition) is 6. The van der Waals surface area contributed by atoms with E-state index in [-0.39, 0.29) is 24.7 Å². The third-order valence-corrected chi connectivity index (χ3v) is 6.33. The number of rotatable bonds is 5. The van der Waals surface area contributed by atoms with Crippen LogP contribution in [-0.4, -0.2) is 23.1 Å². The maximum atomic E-state index is 13.2. The van der Waals surface area contributed by atoms with Crippen LogP contribution in [0.15, 0.2) is 47.3 Å². The fourth-order valence-electron chi connectivity index (χ4n) is 3.19. The molecule has 176 valence electrons. The van der Waals surface area contributed by atoms with Gasteiger partial charge < -0.3 is 14.8 Å². The van der Waals surface area contributed by atoms with E-state index in [0.717, 1.165) is 16.9 Å². The summed E-state index contributed by atoms with van der Waals surface area (Å²) in [6.07, 6.45) is 3.12. The number of hydrogen-bond donors (Lipinski definition) is 1. The molecule has 34 heavy (non-hydrogen) atoms. The van der Waals surface area contributed by atoms with E-state index in [9.17, 15) is 14.4 Å². The number of halogens is 1. The highest BCUT2D eigenvalue weighted by Gasteiger charge is 2.20. The van der Waals surface area contributed by atoms with Gasteiger partial charge in [-0.1, -0.05) is 44.5 Å². The van der Waals surface area contributed by atoms with E-state index >= 15 is 0 Å². The van der Waals surface area contributed by atoms with Crippen LogP contribution in [0.1, 0.15) is 26.3 Å². The average molecular weight is 499 g/mol. The fourth-order valence-corrected chi connectivity index (χ4v) is 4.43. The summed E-state index contributed by atoms with van der Waals surface area (Å²) in [7, 11) is 0. The van der Waals surface area contributed by atoms with Crippen molar-refractivity contribution < 1.29 is 19.1 Å². The van der Waals surface area contributed by atoms with E-state index in [2.05, 4.69) is 5.32 Å². The van der Waals surface area contributed by atoms with Crippen LogP contribution in [-0.2, 0) is 16.1 Å². The Balaban J connectivity index is 1.70. The van der Waals surface area contributed by atoms with Crippen molar-refractivity contribution in [1.29, 1.82) is 0 Å². The number of thiazole rings is 1. The number of amides is 1. The van der Waals surface area contributed by atoms with Crippen LogP contribution in [0.2, 0.25) is 5.02 Å². The lowest BCUT2D eigenvalue weighted by Gasteiger charge is -2.13. The van der Waals surface area contributed by atoms with Crippen molar-refractivity contribution in [1.82, 2.24) is 4.57 Å². The van der Waals surface area contributed by atoms with Crippen molar-refractivity contribution >= 4 is 52.5 Å². The molecule has 7 nitrogen and oxygen atoms in total. The first-order valence-electron chi connectivity index (χ1n) is 10.5. The summed E-state index contributed by atoms with van der Waals surface area (Å²) < 4.78 is 12.7. The Labute approximate surface area is 204 Å². The third-order valence-electron chi connectivity index (χ3n) is 5.03. The molecular weight excluding hydrogens is 476 g/mol. The van der Waals surface area contributed by atoms with E-state index in [1.807, 2.05) is 6.07 Å². The van der Waals surface area contributed by atoms with Gasteiger partial charge >= 0.3 is 0 Å².